The maximum absolute atomic E-state index is 13.4. The van der Waals surface area contributed by atoms with Crippen molar-refractivity contribution in [2.24, 2.45) is 0 Å². The highest BCUT2D eigenvalue weighted by molar-refractivity contribution is 6.04. The molecule has 0 spiro atoms. The van der Waals surface area contributed by atoms with Crippen molar-refractivity contribution in [3.05, 3.63) is 94.0 Å². The van der Waals surface area contributed by atoms with Crippen LogP contribution in [0.25, 0.3) is 0 Å². The summed E-state index contributed by atoms with van der Waals surface area (Å²) >= 11 is 0. The zero-order valence-corrected chi connectivity index (χ0v) is 16.8. The van der Waals surface area contributed by atoms with Gasteiger partial charge in [-0.05, 0) is 47.9 Å². The Hall–Kier alpha value is -3.80. The Bertz CT molecular complexity index is 1140. The fourth-order valence-corrected chi connectivity index (χ4v) is 4.02. The number of nitrogens with zero attached hydrogens (tertiary/aromatic N) is 1. The molecule has 1 heterocycles. The van der Waals surface area contributed by atoms with E-state index in [1.54, 1.807) is 12.0 Å². The van der Waals surface area contributed by atoms with Crippen LogP contribution in [-0.2, 0) is 6.54 Å². The number of amides is 1. The first-order valence-electron chi connectivity index (χ1n) is 9.57. The van der Waals surface area contributed by atoms with Gasteiger partial charge in [0.2, 0.25) is 0 Å². The van der Waals surface area contributed by atoms with E-state index < -0.39 is 12.0 Å². The molecule has 1 aliphatic heterocycles. The number of hydrogen-bond donors (Lipinski definition) is 2. The van der Waals surface area contributed by atoms with E-state index >= 15 is 0 Å². The molecule has 0 radical (unpaired) electrons. The van der Waals surface area contributed by atoms with E-state index in [1.807, 2.05) is 55.5 Å². The Balaban J connectivity index is 1.85. The summed E-state index contributed by atoms with van der Waals surface area (Å²) < 4.78 is 5.22. The van der Waals surface area contributed by atoms with Crippen LogP contribution in [0.2, 0.25) is 0 Å². The van der Waals surface area contributed by atoms with Crippen LogP contribution in [0.1, 0.15) is 49.0 Å². The predicted molar refractivity (Wildman–Crippen MR) is 114 cm³/mol. The molecule has 3 N–H and O–H groups in total. The summed E-state index contributed by atoms with van der Waals surface area (Å²) in [7, 11) is 1.60. The van der Waals surface area contributed by atoms with Crippen LogP contribution in [-0.4, -0.2) is 29.0 Å². The quantitative estimate of drug-likeness (QED) is 0.629. The van der Waals surface area contributed by atoms with E-state index in [0.29, 0.717) is 23.4 Å². The number of fused-ring (bicyclic) bond motifs is 1. The van der Waals surface area contributed by atoms with Crippen molar-refractivity contribution in [2.75, 3.05) is 12.8 Å². The summed E-state index contributed by atoms with van der Waals surface area (Å²) in [6, 6.07) is 17.8. The van der Waals surface area contributed by atoms with Gasteiger partial charge in [0.25, 0.3) is 5.91 Å². The zero-order valence-electron chi connectivity index (χ0n) is 16.8. The molecular formula is C24H22N2O4. The number of carboxylic acid groups (broad SMARTS) is 1. The molecule has 1 amide bonds. The van der Waals surface area contributed by atoms with Gasteiger partial charge in [0.15, 0.2) is 0 Å². The molecule has 0 saturated carbocycles. The molecule has 3 aromatic rings. The molecular weight excluding hydrogens is 380 g/mol. The lowest BCUT2D eigenvalue weighted by molar-refractivity contribution is 0.0696. The third kappa shape index (κ3) is 3.26. The van der Waals surface area contributed by atoms with E-state index in [9.17, 15) is 14.7 Å². The lowest BCUT2D eigenvalue weighted by Crippen LogP contribution is -2.28. The average Bonchev–Trinajstić information content (AvgIpc) is 3.01. The molecule has 0 bridgehead atoms. The smallest absolute Gasteiger partial charge is 0.335 e. The number of carboxylic acids is 1. The van der Waals surface area contributed by atoms with E-state index in [-0.39, 0.29) is 11.5 Å². The number of anilines is 1. The Morgan fingerprint density at radius 1 is 1.13 bits per heavy atom. The Labute approximate surface area is 174 Å². The van der Waals surface area contributed by atoms with Gasteiger partial charge in [0.05, 0.1) is 18.7 Å². The standard InChI is InChI=1S/C24H22N2O4/c1-14-5-3-4-6-18(14)22-21-19(11-16(24(28)29)12-20(21)25)23(27)26(22)13-15-7-9-17(30-2)10-8-15/h3-12,22H,13,25H2,1-2H3,(H,28,29). The molecule has 4 rings (SSSR count). The van der Waals surface area contributed by atoms with Crippen molar-refractivity contribution in [1.82, 2.24) is 4.90 Å². The summed E-state index contributed by atoms with van der Waals surface area (Å²) in [6.45, 7) is 2.35. The Morgan fingerprint density at radius 2 is 1.83 bits per heavy atom. The van der Waals surface area contributed by atoms with E-state index in [1.165, 1.54) is 12.1 Å². The predicted octanol–water partition coefficient (Wildman–Crippen LogP) is 4.03. The van der Waals surface area contributed by atoms with E-state index in [4.69, 9.17) is 10.5 Å². The second-order valence-electron chi connectivity index (χ2n) is 7.37. The molecule has 1 atom stereocenters. The fraction of sp³-hybridized carbons (Fsp3) is 0.167. The number of carbonyl (C=O) groups excluding carboxylic acids is 1. The summed E-state index contributed by atoms with van der Waals surface area (Å²) in [5.74, 6) is -0.609. The van der Waals surface area contributed by atoms with Crippen LogP contribution < -0.4 is 10.5 Å². The lowest BCUT2D eigenvalue weighted by atomic mass is 9.92. The number of aryl methyl sites for hydroxylation is 1. The molecule has 0 aromatic heterocycles. The Morgan fingerprint density at radius 3 is 2.47 bits per heavy atom. The van der Waals surface area contributed by atoms with Gasteiger partial charge in [0, 0.05) is 23.4 Å². The highest BCUT2D eigenvalue weighted by Gasteiger charge is 2.40. The number of ether oxygens (including phenoxy) is 1. The molecule has 0 saturated heterocycles. The van der Waals surface area contributed by atoms with E-state index in [0.717, 1.165) is 22.4 Å². The number of nitrogen functional groups attached to an aromatic ring is 1. The van der Waals surface area contributed by atoms with Gasteiger partial charge in [-0.25, -0.2) is 4.79 Å². The monoisotopic (exact) mass is 402 g/mol. The van der Waals surface area contributed by atoms with Crippen LogP contribution in [0.3, 0.4) is 0 Å². The van der Waals surface area contributed by atoms with Crippen molar-refractivity contribution in [3.8, 4) is 5.75 Å². The minimum atomic E-state index is -1.11. The normalized spacial score (nSPS) is 15.2. The second-order valence-corrected chi connectivity index (χ2v) is 7.37. The SMILES string of the molecule is COc1ccc(CN2C(=O)c3cc(C(=O)O)cc(N)c3C2c2ccccc2C)cc1. The second kappa shape index (κ2) is 7.55. The Kier molecular flexibility index (Phi) is 4.91. The van der Waals surface area contributed by atoms with Gasteiger partial charge in [0.1, 0.15) is 5.75 Å². The number of nitrogens with two attached hydrogens (primary N) is 1. The molecule has 1 unspecified atom stereocenters. The minimum Gasteiger partial charge on any atom is -0.497 e. The van der Waals surface area contributed by atoms with Gasteiger partial charge in [-0.3, -0.25) is 4.79 Å². The third-order valence-corrected chi connectivity index (χ3v) is 5.53. The summed E-state index contributed by atoms with van der Waals surface area (Å²) in [5, 5.41) is 9.41. The highest BCUT2D eigenvalue weighted by atomic mass is 16.5. The maximum Gasteiger partial charge on any atom is 0.335 e. The van der Waals surface area contributed by atoms with Gasteiger partial charge >= 0.3 is 5.97 Å². The number of rotatable bonds is 5. The van der Waals surface area contributed by atoms with Crippen molar-refractivity contribution in [3.63, 3.8) is 0 Å². The lowest BCUT2D eigenvalue weighted by Gasteiger charge is -2.27. The van der Waals surface area contributed by atoms with Crippen molar-refractivity contribution in [1.29, 1.82) is 0 Å². The molecule has 30 heavy (non-hydrogen) atoms. The molecule has 6 heteroatoms. The van der Waals surface area contributed by atoms with Crippen LogP contribution in [0.4, 0.5) is 5.69 Å². The number of benzene rings is 3. The number of carbonyl (C=O) groups is 2. The minimum absolute atomic E-state index is 0.00873. The van der Waals surface area contributed by atoms with Gasteiger partial charge in [-0.1, -0.05) is 36.4 Å². The first-order chi connectivity index (χ1) is 14.4. The number of hydrogen-bond acceptors (Lipinski definition) is 4. The van der Waals surface area contributed by atoms with Crippen molar-refractivity contribution in [2.45, 2.75) is 19.5 Å². The largest absolute Gasteiger partial charge is 0.497 e. The molecule has 1 aliphatic rings. The third-order valence-electron chi connectivity index (χ3n) is 5.53. The maximum atomic E-state index is 13.4. The number of methoxy groups -OCH3 is 1. The van der Waals surface area contributed by atoms with E-state index in [2.05, 4.69) is 0 Å². The fourth-order valence-electron chi connectivity index (χ4n) is 4.02. The van der Waals surface area contributed by atoms with Crippen LogP contribution in [0, 0.1) is 6.92 Å². The van der Waals surface area contributed by atoms with Crippen LogP contribution >= 0.6 is 0 Å². The first-order valence-corrected chi connectivity index (χ1v) is 9.57. The van der Waals surface area contributed by atoms with Crippen LogP contribution in [0.5, 0.6) is 5.75 Å². The summed E-state index contributed by atoms with van der Waals surface area (Å²) in [6.07, 6.45) is 0. The molecule has 6 nitrogen and oxygen atoms in total. The zero-order chi connectivity index (χ0) is 21.4. The molecule has 0 aliphatic carbocycles. The first kappa shape index (κ1) is 19.5. The topological polar surface area (TPSA) is 92.9 Å². The molecule has 3 aromatic carbocycles. The van der Waals surface area contributed by atoms with Crippen molar-refractivity contribution < 1.29 is 19.4 Å². The highest BCUT2D eigenvalue weighted by Crippen LogP contribution is 2.44. The van der Waals surface area contributed by atoms with Crippen LogP contribution in [0.15, 0.2) is 60.7 Å². The van der Waals surface area contributed by atoms with Crippen molar-refractivity contribution >= 4 is 17.6 Å². The summed E-state index contributed by atoms with van der Waals surface area (Å²) in [4.78, 5) is 26.7. The summed E-state index contributed by atoms with van der Waals surface area (Å²) in [5.41, 5.74) is 10.5. The number of aromatic carboxylic acids is 1. The van der Waals surface area contributed by atoms with Gasteiger partial charge in [-0.2, -0.15) is 0 Å². The molecule has 0 fully saturated rings. The molecule has 152 valence electrons. The van der Waals surface area contributed by atoms with Gasteiger partial charge in [-0.15, -0.1) is 0 Å². The average molecular weight is 402 g/mol. The van der Waals surface area contributed by atoms with Gasteiger partial charge < -0.3 is 20.5 Å².